The summed E-state index contributed by atoms with van der Waals surface area (Å²) in [6, 6.07) is 8.56. The summed E-state index contributed by atoms with van der Waals surface area (Å²) in [5.41, 5.74) is 5.27. The number of ether oxygens (including phenoxy) is 1. The molecule has 1 aromatic carbocycles. The fraction of sp³-hybridized carbons (Fsp3) is 0.538. The van der Waals surface area contributed by atoms with E-state index in [1.165, 1.54) is 17.5 Å². The number of hydrogen-bond donors (Lipinski definition) is 2. The average Bonchev–Trinajstić information content (AvgIpc) is 2.25. The van der Waals surface area contributed by atoms with Gasteiger partial charge in [0, 0.05) is 7.11 Å². The van der Waals surface area contributed by atoms with Crippen LogP contribution in [0.25, 0.3) is 0 Å². The first-order chi connectivity index (χ1) is 7.72. The van der Waals surface area contributed by atoms with Gasteiger partial charge in [0.05, 0.1) is 11.6 Å². The largest absolute Gasteiger partial charge is 0.376 e. The fourth-order valence-corrected chi connectivity index (χ4v) is 2.45. The Hall–Kier alpha value is -0.900. The van der Waals surface area contributed by atoms with Gasteiger partial charge in [0.2, 0.25) is 0 Å². The van der Waals surface area contributed by atoms with E-state index in [0.29, 0.717) is 0 Å². The van der Waals surface area contributed by atoms with E-state index in [1.807, 2.05) is 0 Å². The third-order valence-corrected chi connectivity index (χ3v) is 3.71. The maximum absolute atomic E-state index is 5.68. The number of benzene rings is 1. The summed E-state index contributed by atoms with van der Waals surface area (Å²) in [5.74, 6) is 5.68. The molecule has 0 spiro atoms. The Morgan fingerprint density at radius 3 is 2.31 bits per heavy atom. The summed E-state index contributed by atoms with van der Waals surface area (Å²) in [4.78, 5) is 0. The van der Waals surface area contributed by atoms with Crippen molar-refractivity contribution < 1.29 is 4.74 Å². The van der Waals surface area contributed by atoms with Crippen molar-refractivity contribution in [3.63, 3.8) is 0 Å². The Kier molecular flexibility index (Phi) is 3.28. The number of hydrogen-bond acceptors (Lipinski definition) is 3. The van der Waals surface area contributed by atoms with Crippen molar-refractivity contribution in [2.45, 2.75) is 37.8 Å². The van der Waals surface area contributed by atoms with E-state index in [9.17, 15) is 0 Å². The topological polar surface area (TPSA) is 47.3 Å². The molecule has 1 aliphatic rings. The molecule has 0 saturated heterocycles. The maximum Gasteiger partial charge on any atom is 0.0885 e. The van der Waals surface area contributed by atoms with Gasteiger partial charge in [-0.15, -0.1) is 0 Å². The number of nitrogens with one attached hydrogen (secondary N) is 1. The Morgan fingerprint density at radius 2 is 1.94 bits per heavy atom. The lowest BCUT2D eigenvalue weighted by molar-refractivity contribution is -0.0999. The molecule has 88 valence electrons. The predicted octanol–water partition coefficient (Wildman–Crippen LogP) is 2.07. The van der Waals surface area contributed by atoms with Crippen LogP contribution in [0.2, 0.25) is 0 Å². The SMILES string of the molecule is COC1(C(NN)c2ccc(C)cc2)CCC1. The first kappa shape index (κ1) is 11.6. The summed E-state index contributed by atoms with van der Waals surface area (Å²) in [6.45, 7) is 2.09. The molecule has 3 N–H and O–H groups in total. The van der Waals surface area contributed by atoms with Gasteiger partial charge in [-0.2, -0.15) is 0 Å². The lowest BCUT2D eigenvalue weighted by Crippen LogP contribution is -2.52. The third-order valence-electron chi connectivity index (χ3n) is 3.71. The zero-order chi connectivity index (χ0) is 11.6. The van der Waals surface area contributed by atoms with Crippen LogP contribution in [0.3, 0.4) is 0 Å². The van der Waals surface area contributed by atoms with Crippen LogP contribution in [0.5, 0.6) is 0 Å². The van der Waals surface area contributed by atoms with Crippen LogP contribution in [-0.4, -0.2) is 12.7 Å². The molecule has 0 radical (unpaired) electrons. The van der Waals surface area contributed by atoms with Crippen molar-refractivity contribution in [1.29, 1.82) is 0 Å². The lowest BCUT2D eigenvalue weighted by Gasteiger charge is -2.46. The van der Waals surface area contributed by atoms with Crippen molar-refractivity contribution in [2.24, 2.45) is 5.84 Å². The van der Waals surface area contributed by atoms with E-state index < -0.39 is 0 Å². The molecule has 1 unspecified atom stereocenters. The fourth-order valence-electron chi connectivity index (χ4n) is 2.45. The van der Waals surface area contributed by atoms with Gasteiger partial charge in [-0.05, 0) is 31.7 Å². The molecule has 3 nitrogen and oxygen atoms in total. The van der Waals surface area contributed by atoms with Gasteiger partial charge < -0.3 is 4.74 Å². The van der Waals surface area contributed by atoms with Gasteiger partial charge in [-0.25, -0.2) is 0 Å². The van der Waals surface area contributed by atoms with Crippen molar-refractivity contribution in [3.05, 3.63) is 35.4 Å². The minimum Gasteiger partial charge on any atom is -0.376 e. The van der Waals surface area contributed by atoms with Gasteiger partial charge in [0.15, 0.2) is 0 Å². The van der Waals surface area contributed by atoms with Crippen molar-refractivity contribution >= 4 is 0 Å². The summed E-state index contributed by atoms with van der Waals surface area (Å²) in [7, 11) is 1.78. The van der Waals surface area contributed by atoms with Gasteiger partial charge >= 0.3 is 0 Å². The van der Waals surface area contributed by atoms with E-state index in [0.717, 1.165) is 12.8 Å². The number of rotatable bonds is 4. The van der Waals surface area contributed by atoms with E-state index >= 15 is 0 Å². The second-order valence-corrected chi connectivity index (χ2v) is 4.63. The predicted molar refractivity (Wildman–Crippen MR) is 64.8 cm³/mol. The quantitative estimate of drug-likeness (QED) is 0.603. The Bertz CT molecular complexity index is 338. The van der Waals surface area contributed by atoms with E-state index in [1.54, 1.807) is 7.11 Å². The zero-order valence-corrected chi connectivity index (χ0v) is 9.99. The highest BCUT2D eigenvalue weighted by Crippen LogP contribution is 2.44. The van der Waals surface area contributed by atoms with E-state index in [4.69, 9.17) is 10.6 Å². The molecule has 0 aliphatic heterocycles. The van der Waals surface area contributed by atoms with Gasteiger partial charge in [-0.3, -0.25) is 11.3 Å². The molecule has 0 heterocycles. The van der Waals surface area contributed by atoms with Crippen LogP contribution in [-0.2, 0) is 4.74 Å². The first-order valence-corrected chi connectivity index (χ1v) is 5.80. The summed E-state index contributed by atoms with van der Waals surface area (Å²) in [5, 5.41) is 0. The van der Waals surface area contributed by atoms with Crippen LogP contribution in [0.4, 0.5) is 0 Å². The lowest BCUT2D eigenvalue weighted by atomic mass is 9.72. The summed E-state index contributed by atoms with van der Waals surface area (Å²) >= 11 is 0. The third kappa shape index (κ3) is 1.86. The van der Waals surface area contributed by atoms with Gasteiger partial charge in [0.25, 0.3) is 0 Å². The second-order valence-electron chi connectivity index (χ2n) is 4.63. The molecule has 1 atom stereocenters. The number of aryl methyl sites for hydroxylation is 1. The van der Waals surface area contributed by atoms with Crippen LogP contribution in [0.1, 0.15) is 36.4 Å². The molecule has 0 bridgehead atoms. The number of nitrogens with two attached hydrogens (primary N) is 1. The minimum atomic E-state index is -0.107. The molecule has 1 fully saturated rings. The monoisotopic (exact) mass is 220 g/mol. The Labute approximate surface area is 97.0 Å². The normalized spacial score (nSPS) is 20.2. The Balaban J connectivity index is 2.25. The molecule has 2 rings (SSSR count). The van der Waals surface area contributed by atoms with Gasteiger partial charge in [0.1, 0.15) is 0 Å². The zero-order valence-electron chi connectivity index (χ0n) is 9.99. The highest BCUT2D eigenvalue weighted by Gasteiger charge is 2.44. The molecule has 0 aromatic heterocycles. The average molecular weight is 220 g/mol. The smallest absolute Gasteiger partial charge is 0.0885 e. The highest BCUT2D eigenvalue weighted by atomic mass is 16.5. The highest BCUT2D eigenvalue weighted by molar-refractivity contribution is 5.27. The molecular formula is C13H20N2O. The second kappa shape index (κ2) is 4.53. The maximum atomic E-state index is 5.68. The Morgan fingerprint density at radius 1 is 1.31 bits per heavy atom. The molecule has 3 heteroatoms. The molecular weight excluding hydrogens is 200 g/mol. The van der Waals surface area contributed by atoms with Crippen LogP contribution >= 0.6 is 0 Å². The van der Waals surface area contributed by atoms with Crippen LogP contribution in [0.15, 0.2) is 24.3 Å². The van der Waals surface area contributed by atoms with Crippen LogP contribution in [0, 0.1) is 6.92 Å². The van der Waals surface area contributed by atoms with E-state index in [2.05, 4.69) is 36.6 Å². The summed E-state index contributed by atoms with van der Waals surface area (Å²) in [6.07, 6.45) is 3.37. The standard InChI is InChI=1S/C13H20N2O/c1-10-4-6-11(7-5-10)12(15-14)13(16-2)8-3-9-13/h4-7,12,15H,3,8-9,14H2,1-2H3. The van der Waals surface area contributed by atoms with Gasteiger partial charge in [-0.1, -0.05) is 29.8 Å². The van der Waals surface area contributed by atoms with Crippen molar-refractivity contribution in [3.8, 4) is 0 Å². The summed E-state index contributed by atoms with van der Waals surface area (Å²) < 4.78 is 5.67. The van der Waals surface area contributed by atoms with E-state index in [-0.39, 0.29) is 11.6 Å². The molecule has 0 amide bonds. The van der Waals surface area contributed by atoms with Crippen molar-refractivity contribution in [1.82, 2.24) is 5.43 Å². The molecule has 16 heavy (non-hydrogen) atoms. The van der Waals surface area contributed by atoms with Crippen LogP contribution < -0.4 is 11.3 Å². The molecule has 1 saturated carbocycles. The molecule has 1 aromatic rings. The molecule has 1 aliphatic carbocycles. The minimum absolute atomic E-state index is 0.0897. The van der Waals surface area contributed by atoms with Crippen molar-refractivity contribution in [2.75, 3.05) is 7.11 Å². The number of methoxy groups -OCH3 is 1. The number of hydrazine groups is 1. The first-order valence-electron chi connectivity index (χ1n) is 5.80.